The third-order valence-electron chi connectivity index (χ3n) is 5.32. The van der Waals surface area contributed by atoms with E-state index in [4.69, 9.17) is 4.74 Å². The maximum atomic E-state index is 12.5. The van der Waals surface area contributed by atoms with Crippen molar-refractivity contribution in [2.24, 2.45) is 11.8 Å². The highest BCUT2D eigenvalue weighted by molar-refractivity contribution is 5.76. The maximum absolute atomic E-state index is 12.5. The Kier molecular flexibility index (Phi) is 6.29. The van der Waals surface area contributed by atoms with Crippen molar-refractivity contribution < 1.29 is 19.7 Å². The lowest BCUT2D eigenvalue weighted by molar-refractivity contribution is -0.130. The summed E-state index contributed by atoms with van der Waals surface area (Å²) in [5, 5.41) is 19.0. The number of carbonyl (C=O) groups is 1. The summed E-state index contributed by atoms with van der Waals surface area (Å²) < 4.78 is 5.39. The van der Waals surface area contributed by atoms with Gasteiger partial charge < -0.3 is 19.8 Å². The first-order chi connectivity index (χ1) is 12.2. The van der Waals surface area contributed by atoms with E-state index < -0.39 is 0 Å². The van der Waals surface area contributed by atoms with Gasteiger partial charge in [-0.2, -0.15) is 0 Å². The highest BCUT2D eigenvalue weighted by atomic mass is 16.5. The zero-order valence-corrected chi connectivity index (χ0v) is 14.6. The molecule has 1 amide bonds. The Balaban J connectivity index is 1.49. The summed E-state index contributed by atoms with van der Waals surface area (Å²) >= 11 is 0. The summed E-state index contributed by atoms with van der Waals surface area (Å²) in [5.74, 6) is 0.892. The normalized spacial score (nSPS) is 24.6. The van der Waals surface area contributed by atoms with Crippen LogP contribution in [0.4, 0.5) is 0 Å². The van der Waals surface area contributed by atoms with E-state index in [1.54, 1.807) is 12.1 Å². The average Bonchev–Trinajstić information content (AvgIpc) is 3.05. The van der Waals surface area contributed by atoms with Gasteiger partial charge in [-0.15, -0.1) is 0 Å². The molecule has 6 nitrogen and oxygen atoms in total. The second-order valence-corrected chi connectivity index (χ2v) is 7.08. The topological polar surface area (TPSA) is 73.2 Å². The van der Waals surface area contributed by atoms with Crippen molar-refractivity contribution >= 4 is 5.91 Å². The number of morpholine rings is 1. The number of benzene rings is 1. The number of aliphatic hydroxyl groups is 1. The quantitative estimate of drug-likeness (QED) is 0.793. The van der Waals surface area contributed by atoms with E-state index in [0.717, 1.165) is 45.0 Å². The number of likely N-dealkylation sites (tertiary alicyclic amines) is 1. The van der Waals surface area contributed by atoms with Crippen LogP contribution < -0.4 is 0 Å². The lowest BCUT2D eigenvalue weighted by Gasteiger charge is -2.30. The highest BCUT2D eigenvalue weighted by Crippen LogP contribution is 2.25. The smallest absolute Gasteiger partial charge is 0.222 e. The molecule has 0 bridgehead atoms. The maximum Gasteiger partial charge on any atom is 0.222 e. The van der Waals surface area contributed by atoms with Gasteiger partial charge in [-0.05, 0) is 30.0 Å². The van der Waals surface area contributed by atoms with Crippen molar-refractivity contribution in [3.05, 3.63) is 29.8 Å². The molecule has 25 heavy (non-hydrogen) atoms. The number of aliphatic hydroxyl groups excluding tert-OH is 1. The number of amides is 1. The van der Waals surface area contributed by atoms with Crippen LogP contribution in [0, 0.1) is 11.8 Å². The molecule has 3 rings (SSSR count). The first kappa shape index (κ1) is 18.2. The Bertz CT molecular complexity index is 557. The monoisotopic (exact) mass is 348 g/mol. The Morgan fingerprint density at radius 1 is 1.12 bits per heavy atom. The summed E-state index contributed by atoms with van der Waals surface area (Å²) in [6.45, 7) is 5.86. The standard InChI is InChI=1S/C19H28N2O4/c22-14-17-13-21(12-16(17)11-20-7-9-25-10-8-20)19(24)6-3-15-1-4-18(23)5-2-15/h1-2,4-5,16-17,22-23H,3,6-14H2/t16-,17-/m1/s1. The zero-order chi connectivity index (χ0) is 17.6. The Morgan fingerprint density at radius 2 is 1.80 bits per heavy atom. The number of hydrogen-bond donors (Lipinski definition) is 2. The van der Waals surface area contributed by atoms with Crippen LogP contribution in [-0.2, 0) is 16.0 Å². The number of aryl methyl sites for hydroxylation is 1. The number of phenols is 1. The molecule has 0 aliphatic carbocycles. The van der Waals surface area contributed by atoms with Gasteiger partial charge in [0.15, 0.2) is 0 Å². The Morgan fingerprint density at radius 3 is 2.48 bits per heavy atom. The first-order valence-electron chi connectivity index (χ1n) is 9.12. The Labute approximate surface area is 149 Å². The molecule has 2 N–H and O–H groups in total. The molecule has 2 aliphatic heterocycles. The third-order valence-corrected chi connectivity index (χ3v) is 5.32. The summed E-state index contributed by atoms with van der Waals surface area (Å²) in [5.41, 5.74) is 1.05. The van der Waals surface area contributed by atoms with Crippen molar-refractivity contribution in [2.75, 3.05) is 52.5 Å². The summed E-state index contributed by atoms with van der Waals surface area (Å²) in [4.78, 5) is 16.8. The average molecular weight is 348 g/mol. The number of hydrogen-bond acceptors (Lipinski definition) is 5. The lowest BCUT2D eigenvalue weighted by Crippen LogP contribution is -2.41. The minimum Gasteiger partial charge on any atom is -0.508 e. The van der Waals surface area contributed by atoms with Crippen LogP contribution in [0.15, 0.2) is 24.3 Å². The van der Waals surface area contributed by atoms with Crippen molar-refractivity contribution in [2.45, 2.75) is 12.8 Å². The predicted molar refractivity (Wildman–Crippen MR) is 94.3 cm³/mol. The fraction of sp³-hybridized carbons (Fsp3) is 0.632. The summed E-state index contributed by atoms with van der Waals surface area (Å²) in [6.07, 6.45) is 1.14. The molecular formula is C19H28N2O4. The molecular weight excluding hydrogens is 320 g/mol. The van der Waals surface area contributed by atoms with Crippen LogP contribution in [0.5, 0.6) is 5.75 Å². The molecule has 1 aromatic carbocycles. The van der Waals surface area contributed by atoms with Gasteiger partial charge in [-0.3, -0.25) is 9.69 Å². The molecule has 2 saturated heterocycles. The molecule has 138 valence electrons. The first-order valence-corrected chi connectivity index (χ1v) is 9.12. The van der Waals surface area contributed by atoms with Gasteiger partial charge >= 0.3 is 0 Å². The van der Waals surface area contributed by atoms with Gasteiger partial charge in [0.2, 0.25) is 5.91 Å². The molecule has 6 heteroatoms. The largest absolute Gasteiger partial charge is 0.508 e. The van der Waals surface area contributed by atoms with Gasteiger partial charge in [0.05, 0.1) is 13.2 Å². The number of rotatable bonds is 6. The van der Waals surface area contributed by atoms with Crippen LogP contribution in [0.3, 0.4) is 0 Å². The molecule has 2 aliphatic rings. The van der Waals surface area contributed by atoms with E-state index >= 15 is 0 Å². The molecule has 0 spiro atoms. The fourth-order valence-electron chi connectivity index (χ4n) is 3.74. The van der Waals surface area contributed by atoms with E-state index in [1.165, 1.54) is 0 Å². The van der Waals surface area contributed by atoms with Crippen molar-refractivity contribution in [3.63, 3.8) is 0 Å². The molecule has 0 aromatic heterocycles. The van der Waals surface area contributed by atoms with E-state index in [1.807, 2.05) is 17.0 Å². The van der Waals surface area contributed by atoms with Gasteiger partial charge in [0.25, 0.3) is 0 Å². The van der Waals surface area contributed by atoms with Crippen LogP contribution >= 0.6 is 0 Å². The molecule has 0 radical (unpaired) electrons. The van der Waals surface area contributed by atoms with Gasteiger partial charge in [-0.1, -0.05) is 12.1 Å². The van der Waals surface area contributed by atoms with E-state index in [2.05, 4.69) is 4.90 Å². The SMILES string of the molecule is O=C(CCc1ccc(O)cc1)N1C[C@@H](CN2CCOCC2)[C@@H](CO)C1. The van der Waals surface area contributed by atoms with Crippen molar-refractivity contribution in [1.82, 2.24) is 9.80 Å². The molecule has 2 atom stereocenters. The van der Waals surface area contributed by atoms with Crippen molar-refractivity contribution in [1.29, 1.82) is 0 Å². The fourth-order valence-corrected chi connectivity index (χ4v) is 3.74. The minimum atomic E-state index is 0.136. The lowest BCUT2D eigenvalue weighted by atomic mass is 9.96. The number of phenolic OH excluding ortho intramolecular Hbond substituents is 1. The number of carbonyl (C=O) groups excluding carboxylic acids is 1. The van der Waals surface area contributed by atoms with Crippen LogP contribution in [0.25, 0.3) is 0 Å². The Hall–Kier alpha value is -1.63. The van der Waals surface area contributed by atoms with Gasteiger partial charge in [0, 0.05) is 51.7 Å². The molecule has 2 fully saturated rings. The summed E-state index contributed by atoms with van der Waals surface area (Å²) in [7, 11) is 0. The molecule has 0 saturated carbocycles. The highest BCUT2D eigenvalue weighted by Gasteiger charge is 2.35. The third kappa shape index (κ3) is 4.93. The van der Waals surface area contributed by atoms with Crippen molar-refractivity contribution in [3.8, 4) is 5.75 Å². The minimum absolute atomic E-state index is 0.136. The summed E-state index contributed by atoms with van der Waals surface area (Å²) in [6, 6.07) is 7.00. The van der Waals surface area contributed by atoms with Crippen LogP contribution in [0.2, 0.25) is 0 Å². The number of ether oxygens (including phenoxy) is 1. The van der Waals surface area contributed by atoms with Gasteiger partial charge in [0.1, 0.15) is 5.75 Å². The predicted octanol–water partition coefficient (Wildman–Crippen LogP) is 0.724. The van der Waals surface area contributed by atoms with Crippen LogP contribution in [0.1, 0.15) is 12.0 Å². The molecule has 0 unspecified atom stereocenters. The van der Waals surface area contributed by atoms with E-state index in [9.17, 15) is 15.0 Å². The van der Waals surface area contributed by atoms with E-state index in [-0.39, 0.29) is 24.2 Å². The number of aromatic hydroxyl groups is 1. The second kappa shape index (κ2) is 8.65. The zero-order valence-electron chi connectivity index (χ0n) is 14.6. The van der Waals surface area contributed by atoms with Crippen LogP contribution in [-0.4, -0.2) is 78.5 Å². The molecule has 2 heterocycles. The number of nitrogens with zero attached hydrogens (tertiary/aromatic N) is 2. The second-order valence-electron chi connectivity index (χ2n) is 7.08. The van der Waals surface area contributed by atoms with Gasteiger partial charge in [-0.25, -0.2) is 0 Å². The van der Waals surface area contributed by atoms with E-state index in [0.29, 0.717) is 25.3 Å². The molecule has 1 aromatic rings.